The van der Waals surface area contributed by atoms with Crippen LogP contribution in [-0.4, -0.2) is 48.6 Å². The maximum atomic E-state index is 6.04. The van der Waals surface area contributed by atoms with Crippen LogP contribution in [0.3, 0.4) is 0 Å². The van der Waals surface area contributed by atoms with E-state index in [0.29, 0.717) is 18.3 Å². The highest BCUT2D eigenvalue weighted by molar-refractivity contribution is 6.29. The molecule has 0 saturated carbocycles. The van der Waals surface area contributed by atoms with Crippen molar-refractivity contribution < 1.29 is 4.74 Å². The van der Waals surface area contributed by atoms with E-state index in [0.717, 1.165) is 37.6 Å². The predicted molar refractivity (Wildman–Crippen MR) is 110 cm³/mol. The molecule has 1 saturated heterocycles. The first kappa shape index (κ1) is 19.6. The Hall–Kier alpha value is -2.11. The number of nitrogens with zero attached hydrogens (tertiary/aromatic N) is 3. The van der Waals surface area contributed by atoms with Crippen molar-refractivity contribution in [1.82, 2.24) is 15.2 Å². The molecule has 1 N–H and O–H groups in total. The lowest BCUT2D eigenvalue weighted by Crippen LogP contribution is -2.48. The molecule has 2 aromatic rings. The van der Waals surface area contributed by atoms with Crippen LogP contribution >= 0.6 is 11.6 Å². The molecule has 0 aliphatic carbocycles. The monoisotopic (exact) mass is 386 g/mol. The lowest BCUT2D eigenvalue weighted by Gasteiger charge is -2.35. The number of halogens is 1. The van der Waals surface area contributed by atoms with Crippen LogP contribution in [0.1, 0.15) is 29.7 Å². The van der Waals surface area contributed by atoms with Crippen LogP contribution in [0.15, 0.2) is 47.6 Å². The first-order chi connectivity index (χ1) is 13.2. The van der Waals surface area contributed by atoms with Gasteiger partial charge in [-0.25, -0.2) is 4.98 Å². The van der Waals surface area contributed by atoms with Crippen LogP contribution < -0.4 is 5.32 Å². The minimum Gasteiger partial charge on any atom is -0.370 e. The van der Waals surface area contributed by atoms with Gasteiger partial charge in [0.25, 0.3) is 0 Å². The number of nitrogens with one attached hydrogen (secondary N) is 1. The molecular formula is C21H27ClN4O. The maximum Gasteiger partial charge on any atom is 0.194 e. The van der Waals surface area contributed by atoms with Gasteiger partial charge in [0.05, 0.1) is 13.2 Å². The first-order valence-corrected chi connectivity index (χ1v) is 9.86. The topological polar surface area (TPSA) is 49.8 Å². The second-order valence-corrected chi connectivity index (χ2v) is 7.02. The second-order valence-electron chi connectivity index (χ2n) is 6.64. The van der Waals surface area contributed by atoms with Crippen molar-refractivity contribution in [3.8, 4) is 0 Å². The van der Waals surface area contributed by atoms with Gasteiger partial charge in [-0.05, 0) is 43.0 Å². The van der Waals surface area contributed by atoms with E-state index in [-0.39, 0.29) is 6.10 Å². The summed E-state index contributed by atoms with van der Waals surface area (Å²) in [5.41, 5.74) is 3.66. The molecule has 27 heavy (non-hydrogen) atoms. The molecular weight excluding hydrogens is 360 g/mol. The number of rotatable bonds is 5. The number of ether oxygens (including phenoxy) is 1. The van der Waals surface area contributed by atoms with Crippen molar-refractivity contribution in [2.24, 2.45) is 4.99 Å². The van der Waals surface area contributed by atoms with Crippen LogP contribution in [0, 0.1) is 6.92 Å². The third-order valence-electron chi connectivity index (χ3n) is 4.69. The summed E-state index contributed by atoms with van der Waals surface area (Å²) in [5.74, 6) is 0.946. The Balaban J connectivity index is 1.66. The van der Waals surface area contributed by atoms with Crippen molar-refractivity contribution in [3.05, 3.63) is 64.4 Å². The highest BCUT2D eigenvalue weighted by Crippen LogP contribution is 2.25. The molecule has 144 valence electrons. The zero-order chi connectivity index (χ0) is 19.1. The van der Waals surface area contributed by atoms with Gasteiger partial charge < -0.3 is 15.0 Å². The van der Waals surface area contributed by atoms with Gasteiger partial charge in [0, 0.05) is 25.8 Å². The number of aryl methyl sites for hydroxylation is 1. The molecule has 1 aromatic heterocycles. The van der Waals surface area contributed by atoms with Crippen LogP contribution in [0.2, 0.25) is 5.15 Å². The van der Waals surface area contributed by atoms with Crippen molar-refractivity contribution in [2.45, 2.75) is 26.4 Å². The number of guanidine groups is 1. The third kappa shape index (κ3) is 5.44. The summed E-state index contributed by atoms with van der Waals surface area (Å²) >= 11 is 5.85. The maximum absolute atomic E-state index is 6.04. The molecule has 0 amide bonds. The smallest absolute Gasteiger partial charge is 0.194 e. The standard InChI is InChI=1S/C21H27ClN4O/c1-3-23-21(24-11-10-17-8-9-20(22)25-14-17)26-12-13-27-19(15-26)18-7-5-4-6-16(18)2/h4-9,14,19H,3,10-13,15H2,1-2H3,(H,23,24). The number of hydrogen-bond donors (Lipinski definition) is 1. The molecule has 1 atom stereocenters. The van der Waals surface area contributed by atoms with E-state index in [1.54, 1.807) is 0 Å². The molecule has 0 bridgehead atoms. The highest BCUT2D eigenvalue weighted by atomic mass is 35.5. The zero-order valence-corrected chi connectivity index (χ0v) is 16.7. The van der Waals surface area contributed by atoms with E-state index in [2.05, 4.69) is 53.3 Å². The lowest BCUT2D eigenvalue weighted by atomic mass is 10.0. The number of aromatic nitrogens is 1. The molecule has 1 aromatic carbocycles. The fourth-order valence-corrected chi connectivity index (χ4v) is 3.36. The largest absolute Gasteiger partial charge is 0.370 e. The van der Waals surface area contributed by atoms with E-state index >= 15 is 0 Å². The van der Waals surface area contributed by atoms with E-state index < -0.39 is 0 Å². The van der Waals surface area contributed by atoms with Crippen molar-refractivity contribution >= 4 is 17.6 Å². The van der Waals surface area contributed by atoms with E-state index in [1.807, 2.05) is 18.3 Å². The minimum atomic E-state index is 0.0734. The van der Waals surface area contributed by atoms with Crippen LogP contribution in [-0.2, 0) is 11.2 Å². The average molecular weight is 387 g/mol. The Bertz CT molecular complexity index is 763. The summed E-state index contributed by atoms with van der Waals surface area (Å²) in [7, 11) is 0. The molecule has 3 rings (SSSR count). The SMILES string of the molecule is CCNC(=NCCc1ccc(Cl)nc1)N1CCOC(c2ccccc2C)C1. The second kappa shape index (κ2) is 9.72. The summed E-state index contributed by atoms with van der Waals surface area (Å²) < 4.78 is 6.04. The Kier molecular flexibility index (Phi) is 7.07. The Morgan fingerprint density at radius 2 is 2.19 bits per heavy atom. The average Bonchev–Trinajstić information content (AvgIpc) is 2.69. The Labute approximate surface area is 166 Å². The van der Waals surface area contributed by atoms with Gasteiger partial charge >= 0.3 is 0 Å². The molecule has 0 radical (unpaired) electrons. The highest BCUT2D eigenvalue weighted by Gasteiger charge is 2.25. The molecule has 0 spiro atoms. The number of pyridine rings is 1. The quantitative estimate of drug-likeness (QED) is 0.484. The first-order valence-electron chi connectivity index (χ1n) is 9.48. The summed E-state index contributed by atoms with van der Waals surface area (Å²) in [6, 6.07) is 12.3. The van der Waals surface area contributed by atoms with E-state index in [9.17, 15) is 0 Å². The van der Waals surface area contributed by atoms with Crippen molar-refractivity contribution in [1.29, 1.82) is 0 Å². The summed E-state index contributed by atoms with van der Waals surface area (Å²) in [6.45, 7) is 8.13. The van der Waals surface area contributed by atoms with Crippen molar-refractivity contribution in [3.63, 3.8) is 0 Å². The van der Waals surface area contributed by atoms with Gasteiger partial charge in [0.15, 0.2) is 5.96 Å². The van der Waals surface area contributed by atoms with Crippen LogP contribution in [0.5, 0.6) is 0 Å². The fourth-order valence-electron chi connectivity index (χ4n) is 3.25. The normalized spacial score (nSPS) is 17.8. The van der Waals surface area contributed by atoms with Gasteiger partial charge in [-0.15, -0.1) is 0 Å². The number of hydrogen-bond acceptors (Lipinski definition) is 3. The number of aliphatic imine (C=N–C) groups is 1. The molecule has 2 heterocycles. The minimum absolute atomic E-state index is 0.0734. The van der Waals surface area contributed by atoms with E-state index in [1.165, 1.54) is 11.1 Å². The molecule has 1 fully saturated rings. The van der Waals surface area contributed by atoms with Gasteiger partial charge in [-0.2, -0.15) is 0 Å². The molecule has 1 aliphatic rings. The summed E-state index contributed by atoms with van der Waals surface area (Å²) in [4.78, 5) is 11.2. The molecule has 5 nitrogen and oxygen atoms in total. The Morgan fingerprint density at radius 1 is 1.33 bits per heavy atom. The third-order valence-corrected chi connectivity index (χ3v) is 4.91. The van der Waals surface area contributed by atoms with Gasteiger partial charge in [0.1, 0.15) is 11.3 Å². The summed E-state index contributed by atoms with van der Waals surface area (Å²) in [5, 5.41) is 3.94. The van der Waals surface area contributed by atoms with Crippen LogP contribution in [0.25, 0.3) is 0 Å². The van der Waals surface area contributed by atoms with Crippen molar-refractivity contribution in [2.75, 3.05) is 32.8 Å². The summed E-state index contributed by atoms with van der Waals surface area (Å²) in [6.07, 6.45) is 2.72. The Morgan fingerprint density at radius 3 is 2.93 bits per heavy atom. The lowest BCUT2D eigenvalue weighted by molar-refractivity contribution is -0.00832. The molecule has 1 aliphatic heterocycles. The zero-order valence-electron chi connectivity index (χ0n) is 16.0. The predicted octanol–water partition coefficient (Wildman–Crippen LogP) is 3.62. The fraction of sp³-hybridized carbons (Fsp3) is 0.429. The molecule has 6 heteroatoms. The van der Waals surface area contributed by atoms with Crippen LogP contribution in [0.4, 0.5) is 0 Å². The molecule has 1 unspecified atom stereocenters. The van der Waals surface area contributed by atoms with E-state index in [4.69, 9.17) is 21.3 Å². The number of morpholine rings is 1. The van der Waals surface area contributed by atoms with Gasteiger partial charge in [-0.3, -0.25) is 4.99 Å². The van der Waals surface area contributed by atoms with Gasteiger partial charge in [0.2, 0.25) is 0 Å². The van der Waals surface area contributed by atoms with Gasteiger partial charge in [-0.1, -0.05) is 41.9 Å². The number of benzene rings is 1.